The van der Waals surface area contributed by atoms with E-state index in [1.54, 1.807) is 28.4 Å². The maximum atomic E-state index is 13.0. The van der Waals surface area contributed by atoms with Gasteiger partial charge >= 0.3 is 0 Å². The number of carbonyl (C=O) groups is 1. The SMILES string of the molecule is Cc1ccc2sc(N(CCN(C)C)C(=O)C=Cc3ccccc3Cl)nc2c1C. The summed E-state index contributed by atoms with van der Waals surface area (Å²) in [6.45, 7) is 5.47. The van der Waals surface area contributed by atoms with Crippen LogP contribution >= 0.6 is 22.9 Å². The minimum atomic E-state index is -0.102. The molecule has 0 unspecified atom stereocenters. The zero-order chi connectivity index (χ0) is 20.3. The van der Waals surface area contributed by atoms with Crippen LogP contribution in [0.4, 0.5) is 5.13 Å². The van der Waals surface area contributed by atoms with Crippen LogP contribution in [0.2, 0.25) is 5.02 Å². The summed E-state index contributed by atoms with van der Waals surface area (Å²) < 4.78 is 1.09. The van der Waals surface area contributed by atoms with Crippen molar-refractivity contribution < 1.29 is 4.79 Å². The summed E-state index contributed by atoms with van der Waals surface area (Å²) >= 11 is 7.75. The number of likely N-dealkylation sites (N-methyl/N-ethyl adjacent to an activating group) is 1. The highest BCUT2D eigenvalue weighted by Crippen LogP contribution is 2.32. The van der Waals surface area contributed by atoms with Crippen LogP contribution in [-0.2, 0) is 4.79 Å². The molecule has 1 heterocycles. The molecule has 3 rings (SSSR count). The quantitative estimate of drug-likeness (QED) is 0.523. The summed E-state index contributed by atoms with van der Waals surface area (Å²) in [5.74, 6) is -0.102. The third kappa shape index (κ3) is 4.61. The molecule has 2 aromatic carbocycles. The number of hydrogen-bond acceptors (Lipinski definition) is 4. The van der Waals surface area contributed by atoms with Gasteiger partial charge in [-0.1, -0.05) is 47.2 Å². The molecule has 1 aromatic heterocycles. The second-order valence-corrected chi connectivity index (χ2v) is 8.41. The van der Waals surface area contributed by atoms with Gasteiger partial charge in [-0.15, -0.1) is 0 Å². The standard InChI is InChI=1S/C22H24ClN3OS/c1-15-9-11-19-21(16(15)2)24-22(28-19)26(14-13-25(3)4)20(27)12-10-17-7-5-6-8-18(17)23/h5-12H,13-14H2,1-4H3. The average Bonchev–Trinajstić information content (AvgIpc) is 3.09. The molecular formula is C22H24ClN3OS. The molecule has 146 valence electrons. The van der Waals surface area contributed by atoms with Crippen molar-refractivity contribution in [2.24, 2.45) is 0 Å². The lowest BCUT2D eigenvalue weighted by molar-refractivity contribution is -0.114. The molecule has 0 saturated heterocycles. The third-order valence-electron chi connectivity index (χ3n) is 4.65. The van der Waals surface area contributed by atoms with Crippen LogP contribution in [0.25, 0.3) is 16.3 Å². The highest BCUT2D eigenvalue weighted by Gasteiger charge is 2.19. The van der Waals surface area contributed by atoms with E-state index in [9.17, 15) is 4.79 Å². The zero-order valence-electron chi connectivity index (χ0n) is 16.6. The summed E-state index contributed by atoms with van der Waals surface area (Å²) in [4.78, 5) is 21.6. The van der Waals surface area contributed by atoms with Gasteiger partial charge in [0.2, 0.25) is 0 Å². The van der Waals surface area contributed by atoms with E-state index in [4.69, 9.17) is 16.6 Å². The predicted octanol–water partition coefficient (Wildman–Crippen LogP) is 5.17. The van der Waals surface area contributed by atoms with Gasteiger partial charge in [-0.3, -0.25) is 9.69 Å². The van der Waals surface area contributed by atoms with Crippen molar-refractivity contribution in [3.05, 3.63) is 64.2 Å². The molecule has 6 heteroatoms. The lowest BCUT2D eigenvalue weighted by atomic mass is 10.1. The lowest BCUT2D eigenvalue weighted by Gasteiger charge is -2.20. The Hall–Kier alpha value is -2.21. The van der Waals surface area contributed by atoms with Crippen LogP contribution in [-0.4, -0.2) is 43.0 Å². The molecule has 0 bridgehead atoms. The van der Waals surface area contributed by atoms with Gasteiger partial charge in [-0.25, -0.2) is 4.98 Å². The highest BCUT2D eigenvalue weighted by molar-refractivity contribution is 7.22. The molecular weight excluding hydrogens is 390 g/mol. The van der Waals surface area contributed by atoms with E-state index >= 15 is 0 Å². The normalized spacial score (nSPS) is 11.6. The van der Waals surface area contributed by atoms with Crippen LogP contribution in [0.5, 0.6) is 0 Å². The van der Waals surface area contributed by atoms with Gasteiger partial charge in [0.1, 0.15) is 0 Å². The number of fused-ring (bicyclic) bond motifs is 1. The first kappa shape index (κ1) is 20.5. The van der Waals surface area contributed by atoms with E-state index < -0.39 is 0 Å². The van der Waals surface area contributed by atoms with Crippen molar-refractivity contribution in [1.82, 2.24) is 9.88 Å². The van der Waals surface area contributed by atoms with Crippen molar-refractivity contribution in [1.29, 1.82) is 0 Å². The van der Waals surface area contributed by atoms with Crippen molar-refractivity contribution in [2.45, 2.75) is 13.8 Å². The number of hydrogen-bond donors (Lipinski definition) is 0. The number of aryl methyl sites for hydroxylation is 2. The molecule has 4 nitrogen and oxygen atoms in total. The number of aromatic nitrogens is 1. The lowest BCUT2D eigenvalue weighted by Crippen LogP contribution is -2.35. The maximum absolute atomic E-state index is 13.0. The molecule has 0 aliphatic rings. The van der Waals surface area contributed by atoms with Gasteiger partial charge in [-0.05, 0) is 62.8 Å². The third-order valence-corrected chi connectivity index (χ3v) is 6.04. The molecule has 0 aliphatic carbocycles. The number of amides is 1. The first-order valence-corrected chi connectivity index (χ1v) is 10.3. The van der Waals surface area contributed by atoms with Crippen molar-refractivity contribution in [2.75, 3.05) is 32.1 Å². The van der Waals surface area contributed by atoms with E-state index in [0.29, 0.717) is 11.6 Å². The Morgan fingerprint density at radius 2 is 1.89 bits per heavy atom. The molecule has 0 fully saturated rings. The van der Waals surface area contributed by atoms with Gasteiger partial charge in [-0.2, -0.15) is 0 Å². The molecule has 0 radical (unpaired) electrons. The monoisotopic (exact) mass is 413 g/mol. The molecule has 0 aliphatic heterocycles. The molecule has 28 heavy (non-hydrogen) atoms. The first-order chi connectivity index (χ1) is 13.4. The number of anilines is 1. The van der Waals surface area contributed by atoms with Gasteiger partial charge in [0.05, 0.1) is 10.2 Å². The maximum Gasteiger partial charge on any atom is 0.252 e. The van der Waals surface area contributed by atoms with Crippen LogP contribution in [0.1, 0.15) is 16.7 Å². The summed E-state index contributed by atoms with van der Waals surface area (Å²) in [7, 11) is 3.99. The summed E-state index contributed by atoms with van der Waals surface area (Å²) in [5.41, 5.74) is 4.15. The number of halogens is 1. The smallest absolute Gasteiger partial charge is 0.252 e. The van der Waals surface area contributed by atoms with E-state index in [1.165, 1.54) is 5.56 Å². The zero-order valence-corrected chi connectivity index (χ0v) is 18.1. The Bertz CT molecular complexity index is 1030. The topological polar surface area (TPSA) is 36.4 Å². The molecule has 0 spiro atoms. The van der Waals surface area contributed by atoms with E-state index in [-0.39, 0.29) is 5.91 Å². The van der Waals surface area contributed by atoms with Crippen molar-refractivity contribution >= 4 is 50.3 Å². The number of benzene rings is 2. The average molecular weight is 414 g/mol. The van der Waals surface area contributed by atoms with Gasteiger partial charge < -0.3 is 4.90 Å². The summed E-state index contributed by atoms with van der Waals surface area (Å²) in [6, 6.07) is 11.7. The van der Waals surface area contributed by atoms with Crippen molar-refractivity contribution in [3.8, 4) is 0 Å². The molecule has 3 aromatic rings. The summed E-state index contributed by atoms with van der Waals surface area (Å²) in [6.07, 6.45) is 3.33. The summed E-state index contributed by atoms with van der Waals surface area (Å²) in [5, 5.41) is 1.34. The second kappa shape index (κ2) is 8.86. The fourth-order valence-corrected chi connectivity index (χ4v) is 4.05. The largest absolute Gasteiger partial charge is 0.308 e. The Labute approximate surface area is 175 Å². The van der Waals surface area contributed by atoms with Gasteiger partial charge in [0.25, 0.3) is 5.91 Å². The van der Waals surface area contributed by atoms with E-state index in [0.717, 1.165) is 33.0 Å². The number of rotatable bonds is 6. The molecule has 1 amide bonds. The van der Waals surface area contributed by atoms with Gasteiger partial charge in [0, 0.05) is 24.2 Å². The number of nitrogens with zero attached hydrogens (tertiary/aromatic N) is 3. The molecule has 0 N–H and O–H groups in total. The number of thiazole rings is 1. The minimum absolute atomic E-state index is 0.102. The Morgan fingerprint density at radius 1 is 1.14 bits per heavy atom. The molecule has 0 atom stereocenters. The van der Waals surface area contributed by atoms with Gasteiger partial charge in [0.15, 0.2) is 5.13 Å². The second-order valence-electron chi connectivity index (χ2n) is 7.00. The van der Waals surface area contributed by atoms with Crippen LogP contribution in [0.3, 0.4) is 0 Å². The molecule has 0 saturated carbocycles. The first-order valence-electron chi connectivity index (χ1n) is 9.12. The van der Waals surface area contributed by atoms with Crippen LogP contribution in [0.15, 0.2) is 42.5 Å². The Kier molecular flexibility index (Phi) is 6.50. The van der Waals surface area contributed by atoms with E-state index in [2.05, 4.69) is 30.9 Å². The van der Waals surface area contributed by atoms with Crippen LogP contribution < -0.4 is 4.90 Å². The Morgan fingerprint density at radius 3 is 2.61 bits per heavy atom. The minimum Gasteiger partial charge on any atom is -0.308 e. The predicted molar refractivity (Wildman–Crippen MR) is 120 cm³/mol. The number of carbonyl (C=O) groups excluding carboxylic acids is 1. The van der Waals surface area contributed by atoms with Crippen molar-refractivity contribution in [3.63, 3.8) is 0 Å². The highest BCUT2D eigenvalue weighted by atomic mass is 35.5. The fraction of sp³-hybridized carbons (Fsp3) is 0.273. The fourth-order valence-electron chi connectivity index (χ4n) is 2.79. The van der Waals surface area contributed by atoms with E-state index in [1.807, 2.05) is 38.4 Å². The Balaban J connectivity index is 1.93. The van der Waals surface area contributed by atoms with Crippen LogP contribution in [0, 0.1) is 13.8 Å².